The zero-order valence-corrected chi connectivity index (χ0v) is 11.1. The molecule has 0 aliphatic rings. The van der Waals surface area contributed by atoms with Gasteiger partial charge in [-0.05, 0) is 42.8 Å². The van der Waals surface area contributed by atoms with E-state index >= 15 is 0 Å². The fourth-order valence-corrected chi connectivity index (χ4v) is 2.35. The third kappa shape index (κ3) is 2.38. The van der Waals surface area contributed by atoms with Gasteiger partial charge in [-0.15, -0.1) is 0 Å². The van der Waals surface area contributed by atoms with Crippen molar-refractivity contribution in [2.75, 3.05) is 0 Å². The molecule has 1 heterocycles. The smallest absolute Gasteiger partial charge is 0.259 e. The number of hydrogen-bond acceptors (Lipinski definition) is 3. The molecule has 4 heteroatoms. The number of ketones is 1. The summed E-state index contributed by atoms with van der Waals surface area (Å²) < 4.78 is 0. The summed E-state index contributed by atoms with van der Waals surface area (Å²) in [5.41, 5.74) is 0.710. The number of carbonyl (C=O) groups excluding carboxylic acids is 1. The third-order valence-electron chi connectivity index (χ3n) is 3.27. The van der Waals surface area contributed by atoms with Crippen LogP contribution < -0.4 is 5.56 Å². The Bertz CT molecular complexity index is 686. The van der Waals surface area contributed by atoms with Crippen LogP contribution in [0.3, 0.4) is 0 Å². The van der Waals surface area contributed by atoms with Crippen molar-refractivity contribution >= 4 is 16.6 Å². The van der Waals surface area contributed by atoms with Crippen molar-refractivity contribution in [1.82, 2.24) is 4.98 Å². The minimum Gasteiger partial charge on any atom is -0.506 e. The minimum atomic E-state index is -0.375. The Kier molecular flexibility index (Phi) is 3.69. The van der Waals surface area contributed by atoms with Crippen LogP contribution in [0, 0.1) is 0 Å². The van der Waals surface area contributed by atoms with E-state index < -0.39 is 0 Å². The number of aromatic nitrogens is 1. The fourth-order valence-electron chi connectivity index (χ4n) is 2.35. The molecule has 2 N–H and O–H groups in total. The summed E-state index contributed by atoms with van der Waals surface area (Å²) in [4.78, 5) is 26.0. The Hall–Kier alpha value is -2.10. The van der Waals surface area contributed by atoms with E-state index in [4.69, 9.17) is 0 Å². The highest BCUT2D eigenvalue weighted by atomic mass is 16.3. The Morgan fingerprint density at radius 3 is 2.79 bits per heavy atom. The Labute approximate surface area is 111 Å². The third-order valence-corrected chi connectivity index (χ3v) is 3.27. The highest BCUT2D eigenvalue weighted by molar-refractivity contribution is 6.04. The van der Waals surface area contributed by atoms with Crippen LogP contribution in [0.15, 0.2) is 23.1 Å². The molecular formula is C15H17NO3. The van der Waals surface area contributed by atoms with Gasteiger partial charge < -0.3 is 10.1 Å². The lowest BCUT2D eigenvalue weighted by Gasteiger charge is -2.11. The standard InChI is InChI=1S/C15H17NO3/c1-3-4-5-10-8-11-6-7-16-15(19)13(11)14(18)12(10)9(2)17/h6-8,18H,3-5H2,1-2H3,(H,16,19). The van der Waals surface area contributed by atoms with Crippen molar-refractivity contribution in [2.45, 2.75) is 33.1 Å². The fraction of sp³-hybridized carbons (Fsp3) is 0.333. The number of phenolic OH excluding ortho intramolecular Hbond substituents is 1. The van der Waals surface area contributed by atoms with E-state index in [0.29, 0.717) is 5.39 Å². The van der Waals surface area contributed by atoms with Crippen molar-refractivity contribution in [1.29, 1.82) is 0 Å². The van der Waals surface area contributed by atoms with Gasteiger partial charge in [-0.25, -0.2) is 0 Å². The van der Waals surface area contributed by atoms with E-state index in [1.165, 1.54) is 6.92 Å². The van der Waals surface area contributed by atoms with Gasteiger partial charge in [-0.3, -0.25) is 9.59 Å². The molecule has 4 nitrogen and oxygen atoms in total. The molecule has 0 aliphatic heterocycles. The van der Waals surface area contributed by atoms with Crippen LogP contribution in [0.25, 0.3) is 10.8 Å². The number of nitrogens with one attached hydrogen (secondary N) is 1. The number of benzene rings is 1. The number of rotatable bonds is 4. The lowest BCUT2D eigenvalue weighted by Crippen LogP contribution is -2.09. The van der Waals surface area contributed by atoms with Gasteiger partial charge in [0, 0.05) is 6.20 Å². The van der Waals surface area contributed by atoms with E-state index in [-0.39, 0.29) is 28.0 Å². The number of Topliss-reactive ketones (excluding diaryl/α,β-unsaturated/α-hetero) is 1. The van der Waals surface area contributed by atoms with Gasteiger partial charge in [0.25, 0.3) is 5.56 Å². The largest absolute Gasteiger partial charge is 0.506 e. The van der Waals surface area contributed by atoms with Crippen LogP contribution in [-0.2, 0) is 6.42 Å². The van der Waals surface area contributed by atoms with Gasteiger partial charge in [-0.1, -0.05) is 13.3 Å². The quantitative estimate of drug-likeness (QED) is 0.829. The lowest BCUT2D eigenvalue weighted by molar-refractivity contribution is 0.101. The predicted octanol–water partition coefficient (Wildman–Crippen LogP) is 2.78. The van der Waals surface area contributed by atoms with Crippen LogP contribution in [0.2, 0.25) is 0 Å². The molecule has 0 bridgehead atoms. The van der Waals surface area contributed by atoms with Crippen LogP contribution in [0.4, 0.5) is 0 Å². The molecule has 1 aromatic heterocycles. The zero-order valence-electron chi connectivity index (χ0n) is 11.1. The number of phenols is 1. The minimum absolute atomic E-state index is 0.188. The summed E-state index contributed by atoms with van der Waals surface area (Å²) in [6.07, 6.45) is 4.21. The molecule has 0 saturated carbocycles. The SMILES string of the molecule is CCCCc1cc2cc[nH]c(=O)c2c(O)c1C(C)=O. The highest BCUT2D eigenvalue weighted by Gasteiger charge is 2.17. The second-order valence-electron chi connectivity index (χ2n) is 4.69. The van der Waals surface area contributed by atoms with Gasteiger partial charge in [0.1, 0.15) is 5.75 Å². The van der Waals surface area contributed by atoms with Crippen LogP contribution in [0.1, 0.15) is 42.6 Å². The molecule has 0 aliphatic carbocycles. The maximum atomic E-state index is 11.8. The number of H-pyrrole nitrogens is 1. The first-order chi connectivity index (χ1) is 9.06. The summed E-state index contributed by atoms with van der Waals surface area (Å²) in [6, 6.07) is 3.56. The number of aromatic amines is 1. The van der Waals surface area contributed by atoms with E-state index in [1.54, 1.807) is 12.3 Å². The Morgan fingerprint density at radius 1 is 1.42 bits per heavy atom. The number of hydrogen-bond donors (Lipinski definition) is 2. The predicted molar refractivity (Wildman–Crippen MR) is 74.9 cm³/mol. The second kappa shape index (κ2) is 5.26. The normalized spacial score (nSPS) is 10.8. The van der Waals surface area contributed by atoms with E-state index in [2.05, 4.69) is 11.9 Å². The first-order valence-corrected chi connectivity index (χ1v) is 6.43. The van der Waals surface area contributed by atoms with Crippen LogP contribution in [-0.4, -0.2) is 15.9 Å². The lowest BCUT2D eigenvalue weighted by atomic mass is 9.94. The van der Waals surface area contributed by atoms with E-state index in [9.17, 15) is 14.7 Å². The van der Waals surface area contributed by atoms with Crippen molar-refractivity contribution in [3.63, 3.8) is 0 Å². The molecule has 0 saturated heterocycles. The van der Waals surface area contributed by atoms with E-state index in [1.807, 2.05) is 6.07 Å². The van der Waals surface area contributed by atoms with Gasteiger partial charge in [-0.2, -0.15) is 0 Å². The molecule has 2 rings (SSSR count). The van der Waals surface area contributed by atoms with E-state index in [0.717, 1.165) is 24.8 Å². The number of aryl methyl sites for hydroxylation is 1. The van der Waals surface area contributed by atoms with Crippen molar-refractivity contribution in [2.24, 2.45) is 0 Å². The molecule has 0 radical (unpaired) electrons. The zero-order chi connectivity index (χ0) is 14.0. The highest BCUT2D eigenvalue weighted by Crippen LogP contribution is 2.30. The molecule has 0 fully saturated rings. The molecule has 1 aromatic carbocycles. The topological polar surface area (TPSA) is 70.2 Å². The summed E-state index contributed by atoms with van der Waals surface area (Å²) in [7, 11) is 0. The summed E-state index contributed by atoms with van der Waals surface area (Å²) in [5, 5.41) is 11.1. The molecular weight excluding hydrogens is 242 g/mol. The number of unbranched alkanes of at least 4 members (excludes halogenated alkanes) is 1. The van der Waals surface area contributed by atoms with Crippen LogP contribution >= 0.6 is 0 Å². The van der Waals surface area contributed by atoms with Gasteiger partial charge in [0.05, 0.1) is 10.9 Å². The van der Waals surface area contributed by atoms with Gasteiger partial charge in [0.15, 0.2) is 5.78 Å². The van der Waals surface area contributed by atoms with Gasteiger partial charge >= 0.3 is 0 Å². The molecule has 19 heavy (non-hydrogen) atoms. The Morgan fingerprint density at radius 2 is 2.16 bits per heavy atom. The first-order valence-electron chi connectivity index (χ1n) is 6.43. The average molecular weight is 259 g/mol. The second-order valence-corrected chi connectivity index (χ2v) is 4.69. The number of aromatic hydroxyl groups is 1. The molecule has 0 spiro atoms. The summed E-state index contributed by atoms with van der Waals surface area (Å²) in [5.74, 6) is -0.410. The molecule has 0 unspecified atom stereocenters. The molecule has 2 aromatic rings. The molecule has 100 valence electrons. The van der Waals surface area contributed by atoms with Crippen molar-refractivity contribution in [3.8, 4) is 5.75 Å². The van der Waals surface area contributed by atoms with Gasteiger partial charge in [0.2, 0.25) is 0 Å². The average Bonchev–Trinajstić information content (AvgIpc) is 2.35. The monoisotopic (exact) mass is 259 g/mol. The Balaban J connectivity index is 2.78. The van der Waals surface area contributed by atoms with Crippen molar-refractivity contribution < 1.29 is 9.90 Å². The number of carbonyl (C=O) groups is 1. The van der Waals surface area contributed by atoms with Crippen LogP contribution in [0.5, 0.6) is 5.75 Å². The molecule has 0 amide bonds. The number of pyridine rings is 1. The summed E-state index contributed by atoms with van der Waals surface area (Å²) in [6.45, 7) is 3.48. The molecule has 0 atom stereocenters. The maximum absolute atomic E-state index is 11.8. The maximum Gasteiger partial charge on any atom is 0.259 e. The first kappa shape index (κ1) is 13.3. The van der Waals surface area contributed by atoms with Crippen molar-refractivity contribution in [3.05, 3.63) is 39.8 Å². The summed E-state index contributed by atoms with van der Waals surface area (Å²) >= 11 is 0. The number of fused-ring (bicyclic) bond motifs is 1.